The van der Waals surface area contributed by atoms with Gasteiger partial charge in [0, 0.05) is 0 Å². The van der Waals surface area contributed by atoms with Crippen LogP contribution < -0.4 is 5.32 Å². The van der Waals surface area contributed by atoms with Crippen molar-refractivity contribution in [1.29, 1.82) is 0 Å². The number of unbranched alkanes of at least 4 members (excludes halogenated alkanes) is 3. The average molecular weight is 171 g/mol. The van der Waals surface area contributed by atoms with E-state index in [1.165, 1.54) is 25.7 Å². The van der Waals surface area contributed by atoms with Crippen LogP contribution in [0.5, 0.6) is 0 Å². The minimum Gasteiger partial charge on any atom is -0.447 e. The molecule has 0 bridgehead atoms. The van der Waals surface area contributed by atoms with Gasteiger partial charge >= 0.3 is 6.09 Å². The third-order valence-corrected chi connectivity index (χ3v) is 2.14. The summed E-state index contributed by atoms with van der Waals surface area (Å²) in [5, 5.41) is 2.77. The molecule has 1 N–H and O–H groups in total. The number of rotatable bonds is 5. The Balaban J connectivity index is 1.97. The van der Waals surface area contributed by atoms with Gasteiger partial charge < -0.3 is 10.1 Å². The lowest BCUT2D eigenvalue weighted by atomic mass is 10.1. The molecule has 3 heteroatoms. The van der Waals surface area contributed by atoms with Gasteiger partial charge in [-0.05, 0) is 6.42 Å². The maximum atomic E-state index is 10.6. The number of hydrogen-bond donors (Lipinski definition) is 1. The molecule has 1 amide bonds. The monoisotopic (exact) mass is 171 g/mol. The third-order valence-electron chi connectivity index (χ3n) is 2.14. The minimum absolute atomic E-state index is 0.254. The molecule has 0 aromatic carbocycles. The second kappa shape index (κ2) is 5.01. The molecule has 1 aliphatic rings. The normalized spacial score (nSPS) is 22.1. The minimum atomic E-state index is -0.254. The Hall–Kier alpha value is -0.730. The second-order valence-electron chi connectivity index (χ2n) is 3.29. The van der Waals surface area contributed by atoms with Gasteiger partial charge in [-0.2, -0.15) is 0 Å². The molecule has 1 atom stereocenters. The molecule has 1 fully saturated rings. The second-order valence-corrected chi connectivity index (χ2v) is 3.29. The predicted molar refractivity (Wildman–Crippen MR) is 47.0 cm³/mol. The summed E-state index contributed by atoms with van der Waals surface area (Å²) in [6.45, 7) is 2.76. The Bertz CT molecular complexity index is 147. The zero-order valence-electron chi connectivity index (χ0n) is 7.64. The Morgan fingerprint density at radius 3 is 2.92 bits per heavy atom. The van der Waals surface area contributed by atoms with Crippen LogP contribution in [0.25, 0.3) is 0 Å². The van der Waals surface area contributed by atoms with Crippen molar-refractivity contribution in [2.45, 2.75) is 45.1 Å². The maximum Gasteiger partial charge on any atom is 0.407 e. The highest BCUT2D eigenvalue weighted by atomic mass is 16.6. The Morgan fingerprint density at radius 2 is 2.33 bits per heavy atom. The van der Waals surface area contributed by atoms with E-state index in [1.54, 1.807) is 0 Å². The van der Waals surface area contributed by atoms with E-state index in [2.05, 4.69) is 12.2 Å². The highest BCUT2D eigenvalue weighted by Gasteiger charge is 2.20. The van der Waals surface area contributed by atoms with E-state index in [1.807, 2.05) is 0 Å². The summed E-state index contributed by atoms with van der Waals surface area (Å²) >= 11 is 0. The first-order valence-corrected chi connectivity index (χ1v) is 4.76. The molecule has 0 aromatic rings. The van der Waals surface area contributed by atoms with Crippen molar-refractivity contribution < 1.29 is 9.53 Å². The molecular formula is C9H17NO2. The summed E-state index contributed by atoms with van der Waals surface area (Å²) in [5.41, 5.74) is 0. The molecule has 1 heterocycles. The number of cyclic esters (lactones) is 1. The SMILES string of the molecule is CCCCCCC1COC(=O)N1. The van der Waals surface area contributed by atoms with E-state index in [-0.39, 0.29) is 12.1 Å². The van der Waals surface area contributed by atoms with Crippen LogP contribution in [0.15, 0.2) is 0 Å². The highest BCUT2D eigenvalue weighted by molar-refractivity contribution is 5.69. The summed E-state index contributed by atoms with van der Waals surface area (Å²) in [4.78, 5) is 10.6. The van der Waals surface area contributed by atoms with E-state index < -0.39 is 0 Å². The molecule has 1 unspecified atom stereocenters. The summed E-state index contributed by atoms with van der Waals surface area (Å²) in [5.74, 6) is 0. The number of alkyl carbamates (subject to hydrolysis) is 1. The maximum absolute atomic E-state index is 10.6. The van der Waals surface area contributed by atoms with Crippen LogP contribution in [0.1, 0.15) is 39.0 Å². The van der Waals surface area contributed by atoms with Gasteiger partial charge in [-0.25, -0.2) is 4.79 Å². The first kappa shape index (κ1) is 9.36. The van der Waals surface area contributed by atoms with Crippen molar-refractivity contribution in [3.05, 3.63) is 0 Å². The van der Waals surface area contributed by atoms with Crippen LogP contribution >= 0.6 is 0 Å². The highest BCUT2D eigenvalue weighted by Crippen LogP contribution is 2.09. The van der Waals surface area contributed by atoms with Gasteiger partial charge in [0.1, 0.15) is 6.61 Å². The Labute approximate surface area is 73.5 Å². The van der Waals surface area contributed by atoms with Gasteiger partial charge in [-0.3, -0.25) is 0 Å². The smallest absolute Gasteiger partial charge is 0.407 e. The molecular weight excluding hydrogens is 154 g/mol. The van der Waals surface area contributed by atoms with E-state index in [0.717, 1.165) is 6.42 Å². The number of amides is 1. The van der Waals surface area contributed by atoms with E-state index >= 15 is 0 Å². The summed E-state index contributed by atoms with van der Waals surface area (Å²) in [7, 11) is 0. The molecule has 0 radical (unpaired) electrons. The Kier molecular flexibility index (Phi) is 3.91. The van der Waals surface area contributed by atoms with Crippen molar-refractivity contribution >= 4 is 6.09 Å². The lowest BCUT2D eigenvalue weighted by molar-refractivity contribution is 0.176. The lowest BCUT2D eigenvalue weighted by Gasteiger charge is -2.05. The predicted octanol–water partition coefficient (Wildman–Crippen LogP) is 2.07. The number of carbonyl (C=O) groups is 1. The van der Waals surface area contributed by atoms with Crippen molar-refractivity contribution in [2.24, 2.45) is 0 Å². The number of nitrogens with one attached hydrogen (secondary N) is 1. The molecule has 12 heavy (non-hydrogen) atoms. The largest absolute Gasteiger partial charge is 0.447 e. The van der Waals surface area contributed by atoms with Crippen LogP contribution in [0, 0.1) is 0 Å². The number of hydrogen-bond acceptors (Lipinski definition) is 2. The van der Waals surface area contributed by atoms with Crippen molar-refractivity contribution in [2.75, 3.05) is 6.61 Å². The van der Waals surface area contributed by atoms with Crippen molar-refractivity contribution in [3.8, 4) is 0 Å². The number of ether oxygens (including phenoxy) is 1. The third kappa shape index (κ3) is 3.11. The van der Waals surface area contributed by atoms with Gasteiger partial charge in [-0.1, -0.05) is 32.6 Å². The van der Waals surface area contributed by atoms with Gasteiger partial charge in [0.25, 0.3) is 0 Å². The molecule has 1 aliphatic heterocycles. The van der Waals surface area contributed by atoms with Gasteiger partial charge in [-0.15, -0.1) is 0 Å². The molecule has 0 aromatic heterocycles. The summed E-state index contributed by atoms with van der Waals surface area (Å²) in [6, 6.07) is 0.273. The standard InChI is InChI=1S/C9H17NO2/c1-2-3-4-5-6-8-7-12-9(11)10-8/h8H,2-7H2,1H3,(H,10,11). The first-order valence-electron chi connectivity index (χ1n) is 4.76. The first-order chi connectivity index (χ1) is 5.83. The van der Waals surface area contributed by atoms with Crippen LogP contribution in [0.3, 0.4) is 0 Å². The molecule has 70 valence electrons. The topological polar surface area (TPSA) is 38.3 Å². The molecule has 0 saturated carbocycles. The summed E-state index contributed by atoms with van der Waals surface area (Å²) < 4.78 is 4.77. The van der Waals surface area contributed by atoms with Crippen LogP contribution in [0.4, 0.5) is 4.79 Å². The zero-order chi connectivity index (χ0) is 8.81. The van der Waals surface area contributed by atoms with E-state index in [9.17, 15) is 4.79 Å². The van der Waals surface area contributed by atoms with E-state index in [4.69, 9.17) is 4.74 Å². The molecule has 1 rings (SSSR count). The average Bonchev–Trinajstić information content (AvgIpc) is 2.45. The Morgan fingerprint density at radius 1 is 1.50 bits per heavy atom. The van der Waals surface area contributed by atoms with Crippen LogP contribution in [-0.2, 0) is 4.74 Å². The number of carbonyl (C=O) groups excluding carboxylic acids is 1. The zero-order valence-corrected chi connectivity index (χ0v) is 7.64. The van der Waals surface area contributed by atoms with Gasteiger partial charge in [0.15, 0.2) is 0 Å². The fourth-order valence-corrected chi connectivity index (χ4v) is 1.40. The van der Waals surface area contributed by atoms with Crippen molar-refractivity contribution in [1.82, 2.24) is 5.32 Å². The van der Waals surface area contributed by atoms with E-state index in [0.29, 0.717) is 6.61 Å². The van der Waals surface area contributed by atoms with Crippen LogP contribution in [-0.4, -0.2) is 18.7 Å². The van der Waals surface area contributed by atoms with Crippen LogP contribution in [0.2, 0.25) is 0 Å². The molecule has 1 saturated heterocycles. The molecule has 0 aliphatic carbocycles. The fourth-order valence-electron chi connectivity index (χ4n) is 1.40. The summed E-state index contributed by atoms with van der Waals surface area (Å²) in [6.07, 6.45) is 5.82. The quantitative estimate of drug-likeness (QED) is 0.643. The molecule has 3 nitrogen and oxygen atoms in total. The van der Waals surface area contributed by atoms with Gasteiger partial charge in [0.2, 0.25) is 0 Å². The molecule has 0 spiro atoms. The van der Waals surface area contributed by atoms with Crippen molar-refractivity contribution in [3.63, 3.8) is 0 Å². The lowest BCUT2D eigenvalue weighted by Crippen LogP contribution is -2.25. The fraction of sp³-hybridized carbons (Fsp3) is 0.889. The van der Waals surface area contributed by atoms with Gasteiger partial charge in [0.05, 0.1) is 6.04 Å².